The van der Waals surface area contributed by atoms with E-state index in [0.717, 1.165) is 0 Å². The summed E-state index contributed by atoms with van der Waals surface area (Å²) >= 11 is 0. The molecule has 1 saturated heterocycles. The molecule has 1 aromatic rings. The summed E-state index contributed by atoms with van der Waals surface area (Å²) in [4.78, 5) is 36.4. The van der Waals surface area contributed by atoms with Gasteiger partial charge in [-0.15, -0.1) is 0 Å². The first-order chi connectivity index (χ1) is 12.2. The maximum absolute atomic E-state index is 12.6. The maximum atomic E-state index is 12.6. The van der Waals surface area contributed by atoms with Crippen LogP contribution in [-0.2, 0) is 14.3 Å². The number of nitrogens with zero attached hydrogens (tertiary/aromatic N) is 4. The van der Waals surface area contributed by atoms with Crippen molar-refractivity contribution < 1.29 is 19.1 Å². The predicted molar refractivity (Wildman–Crippen MR) is 91.1 cm³/mol. The summed E-state index contributed by atoms with van der Waals surface area (Å²) in [5.74, 6) is -0.163. The number of carbonyl (C=O) groups excluding carboxylic acids is 2. The second-order valence-electron chi connectivity index (χ2n) is 5.68. The summed E-state index contributed by atoms with van der Waals surface area (Å²) in [6, 6.07) is 0. The molecule has 1 aliphatic rings. The van der Waals surface area contributed by atoms with Crippen LogP contribution in [0.5, 0.6) is 0 Å². The summed E-state index contributed by atoms with van der Waals surface area (Å²) < 4.78 is 10.6. The lowest BCUT2D eigenvalue weighted by Crippen LogP contribution is -2.43. The molecule has 2 rings (SSSR count). The van der Waals surface area contributed by atoms with Crippen LogP contribution in [0, 0.1) is 0 Å². The lowest BCUT2D eigenvalue weighted by molar-refractivity contribution is -0.135. The van der Waals surface area contributed by atoms with E-state index < -0.39 is 0 Å². The van der Waals surface area contributed by atoms with Crippen LogP contribution >= 0.6 is 0 Å². The Balaban J connectivity index is 1.91. The lowest BCUT2D eigenvalue weighted by Gasteiger charge is -2.28. The molecule has 2 heterocycles. The second-order valence-corrected chi connectivity index (χ2v) is 5.68. The van der Waals surface area contributed by atoms with Crippen molar-refractivity contribution in [2.75, 3.05) is 52.6 Å². The highest BCUT2D eigenvalue weighted by Gasteiger charge is 2.21. The van der Waals surface area contributed by atoms with E-state index in [2.05, 4.69) is 9.97 Å². The molecule has 1 aromatic heterocycles. The summed E-state index contributed by atoms with van der Waals surface area (Å²) in [6.45, 7) is 6.41. The molecule has 0 spiro atoms. The van der Waals surface area contributed by atoms with Crippen LogP contribution in [0.4, 0.5) is 0 Å². The van der Waals surface area contributed by atoms with Crippen molar-refractivity contribution in [1.82, 2.24) is 19.8 Å². The minimum atomic E-state index is -0.209. The number of hydrogen-bond acceptors (Lipinski definition) is 6. The number of amides is 2. The number of morpholine rings is 1. The van der Waals surface area contributed by atoms with E-state index >= 15 is 0 Å². The normalized spacial score (nSPS) is 14.4. The largest absolute Gasteiger partial charge is 0.382 e. The van der Waals surface area contributed by atoms with Gasteiger partial charge in [-0.25, -0.2) is 4.98 Å². The third-order valence-corrected chi connectivity index (χ3v) is 3.95. The molecule has 1 aliphatic heterocycles. The molecule has 0 bridgehead atoms. The molecular weight excluding hydrogens is 324 g/mol. The SMILES string of the molecule is CCOCCCN(CCC(=O)N1CCOCC1)C(=O)c1cnccn1. The first-order valence-corrected chi connectivity index (χ1v) is 8.71. The van der Waals surface area contributed by atoms with E-state index in [4.69, 9.17) is 9.47 Å². The Kier molecular flexibility index (Phi) is 8.27. The molecule has 0 N–H and O–H groups in total. The zero-order valence-corrected chi connectivity index (χ0v) is 14.7. The fourth-order valence-electron chi connectivity index (χ4n) is 2.59. The van der Waals surface area contributed by atoms with Crippen LogP contribution in [0.3, 0.4) is 0 Å². The predicted octanol–water partition coefficient (Wildman–Crippen LogP) is 0.594. The van der Waals surface area contributed by atoms with Crippen molar-refractivity contribution >= 4 is 11.8 Å². The molecule has 0 saturated carbocycles. The van der Waals surface area contributed by atoms with Crippen LogP contribution in [0.2, 0.25) is 0 Å². The summed E-state index contributed by atoms with van der Waals surface area (Å²) in [5.41, 5.74) is 0.290. The summed E-state index contributed by atoms with van der Waals surface area (Å²) in [5, 5.41) is 0. The highest BCUT2D eigenvalue weighted by Crippen LogP contribution is 2.06. The molecule has 0 atom stereocenters. The van der Waals surface area contributed by atoms with Gasteiger partial charge in [-0.05, 0) is 13.3 Å². The molecule has 8 heteroatoms. The number of ether oxygens (including phenoxy) is 2. The quantitative estimate of drug-likeness (QED) is 0.606. The Bertz CT molecular complexity index is 535. The molecule has 0 aromatic carbocycles. The van der Waals surface area contributed by atoms with Gasteiger partial charge in [0, 0.05) is 58.2 Å². The number of carbonyl (C=O) groups is 2. The summed E-state index contributed by atoms with van der Waals surface area (Å²) in [7, 11) is 0. The van der Waals surface area contributed by atoms with Crippen molar-refractivity contribution in [1.29, 1.82) is 0 Å². The average molecular weight is 350 g/mol. The summed E-state index contributed by atoms with van der Waals surface area (Å²) in [6.07, 6.45) is 5.47. The van der Waals surface area contributed by atoms with E-state index in [1.165, 1.54) is 18.6 Å². The Hall–Kier alpha value is -2.06. The van der Waals surface area contributed by atoms with Crippen molar-refractivity contribution in [3.8, 4) is 0 Å². The van der Waals surface area contributed by atoms with Gasteiger partial charge in [0.1, 0.15) is 5.69 Å². The van der Waals surface area contributed by atoms with E-state index in [0.29, 0.717) is 65.4 Å². The topological polar surface area (TPSA) is 84.9 Å². The van der Waals surface area contributed by atoms with E-state index in [-0.39, 0.29) is 17.5 Å². The molecule has 138 valence electrons. The smallest absolute Gasteiger partial charge is 0.274 e. The molecule has 8 nitrogen and oxygen atoms in total. The fourth-order valence-corrected chi connectivity index (χ4v) is 2.59. The van der Waals surface area contributed by atoms with Gasteiger partial charge >= 0.3 is 0 Å². The van der Waals surface area contributed by atoms with Crippen LogP contribution in [0.1, 0.15) is 30.3 Å². The first-order valence-electron chi connectivity index (χ1n) is 8.71. The van der Waals surface area contributed by atoms with Gasteiger partial charge < -0.3 is 19.3 Å². The van der Waals surface area contributed by atoms with Crippen molar-refractivity contribution in [3.63, 3.8) is 0 Å². The monoisotopic (exact) mass is 350 g/mol. The van der Waals surface area contributed by atoms with Gasteiger partial charge in [-0.2, -0.15) is 0 Å². The number of hydrogen-bond donors (Lipinski definition) is 0. The minimum Gasteiger partial charge on any atom is -0.382 e. The number of rotatable bonds is 9. The van der Waals surface area contributed by atoms with Crippen molar-refractivity contribution in [2.45, 2.75) is 19.8 Å². The van der Waals surface area contributed by atoms with Gasteiger partial charge in [0.05, 0.1) is 19.4 Å². The minimum absolute atomic E-state index is 0.0463. The van der Waals surface area contributed by atoms with Crippen LogP contribution in [0.25, 0.3) is 0 Å². The zero-order valence-electron chi connectivity index (χ0n) is 14.7. The van der Waals surface area contributed by atoms with Gasteiger partial charge in [0.2, 0.25) is 5.91 Å². The average Bonchev–Trinajstić information content (AvgIpc) is 2.68. The third kappa shape index (κ3) is 6.39. The van der Waals surface area contributed by atoms with Gasteiger partial charge in [-0.3, -0.25) is 14.6 Å². The van der Waals surface area contributed by atoms with Crippen LogP contribution < -0.4 is 0 Å². The Labute approximate surface area is 148 Å². The zero-order chi connectivity index (χ0) is 17.9. The Morgan fingerprint density at radius 1 is 1.28 bits per heavy atom. The van der Waals surface area contributed by atoms with E-state index in [1.807, 2.05) is 6.92 Å². The molecule has 0 aliphatic carbocycles. The third-order valence-electron chi connectivity index (χ3n) is 3.95. The molecular formula is C17H26N4O4. The lowest BCUT2D eigenvalue weighted by atomic mass is 10.2. The van der Waals surface area contributed by atoms with Crippen molar-refractivity contribution in [2.24, 2.45) is 0 Å². The van der Waals surface area contributed by atoms with Crippen LogP contribution in [0.15, 0.2) is 18.6 Å². The molecule has 25 heavy (non-hydrogen) atoms. The fraction of sp³-hybridized carbons (Fsp3) is 0.647. The molecule has 0 radical (unpaired) electrons. The van der Waals surface area contributed by atoms with Gasteiger partial charge in [0.15, 0.2) is 0 Å². The highest BCUT2D eigenvalue weighted by atomic mass is 16.5. The van der Waals surface area contributed by atoms with Crippen molar-refractivity contribution in [3.05, 3.63) is 24.3 Å². The van der Waals surface area contributed by atoms with E-state index in [1.54, 1.807) is 9.80 Å². The van der Waals surface area contributed by atoms with Crippen LogP contribution in [-0.4, -0.2) is 84.2 Å². The maximum Gasteiger partial charge on any atom is 0.274 e. The highest BCUT2D eigenvalue weighted by molar-refractivity contribution is 5.92. The standard InChI is InChI=1S/C17H26N4O4/c1-2-24-11-3-7-21(17(23)15-14-18-5-6-19-15)8-4-16(22)20-9-12-25-13-10-20/h5-6,14H,2-4,7-13H2,1H3. The first kappa shape index (κ1) is 19.3. The van der Waals surface area contributed by atoms with E-state index in [9.17, 15) is 9.59 Å². The van der Waals surface area contributed by atoms with Gasteiger partial charge in [-0.1, -0.05) is 0 Å². The molecule has 0 unspecified atom stereocenters. The molecule has 1 fully saturated rings. The molecule has 2 amide bonds. The van der Waals surface area contributed by atoms with Gasteiger partial charge in [0.25, 0.3) is 5.91 Å². The Morgan fingerprint density at radius 2 is 2.08 bits per heavy atom. The Morgan fingerprint density at radius 3 is 2.76 bits per heavy atom. The number of aromatic nitrogens is 2. The second kappa shape index (κ2) is 10.7.